The van der Waals surface area contributed by atoms with E-state index in [1.54, 1.807) is 12.1 Å². The number of benzene rings is 1. The number of hydroxylamine groups is 2. The summed E-state index contributed by atoms with van der Waals surface area (Å²) in [4.78, 5) is 26.9. The lowest BCUT2D eigenvalue weighted by Crippen LogP contribution is -2.42. The number of carbonyl (C=O) groups excluding carboxylic acids is 2. The van der Waals surface area contributed by atoms with Crippen LogP contribution in [0.25, 0.3) is 0 Å². The van der Waals surface area contributed by atoms with Gasteiger partial charge in [-0.15, -0.1) is 5.06 Å². The topological polar surface area (TPSA) is 84.7 Å². The molecule has 16 heavy (non-hydrogen) atoms. The Morgan fingerprint density at radius 2 is 2.00 bits per heavy atom. The number of nitrogens with one attached hydrogen (secondary N) is 1. The summed E-state index contributed by atoms with van der Waals surface area (Å²) in [5.74, 6) is 0. The standard InChI is InChI=1S/C10H13N3O3/c1-7-5-3-4-6-8(7)12-10(15)13(16-2)9(11)14/h3-6H,1-2H3,(H2,11,14)(H,12,15). The Morgan fingerprint density at radius 3 is 2.50 bits per heavy atom. The highest BCUT2D eigenvalue weighted by atomic mass is 16.7. The van der Waals surface area contributed by atoms with E-state index in [1.165, 1.54) is 7.11 Å². The number of nitrogens with zero attached hydrogens (tertiary/aromatic N) is 1. The second kappa shape index (κ2) is 5.13. The Kier molecular flexibility index (Phi) is 3.84. The van der Waals surface area contributed by atoms with Crippen molar-refractivity contribution in [2.24, 2.45) is 5.73 Å². The second-order valence-electron chi connectivity index (χ2n) is 3.06. The fourth-order valence-corrected chi connectivity index (χ4v) is 1.15. The predicted molar refractivity (Wildman–Crippen MR) is 58.6 cm³/mol. The van der Waals surface area contributed by atoms with Gasteiger partial charge in [0, 0.05) is 5.69 Å². The molecule has 4 amide bonds. The lowest BCUT2D eigenvalue weighted by molar-refractivity contribution is -0.0390. The molecule has 1 rings (SSSR count). The monoisotopic (exact) mass is 223 g/mol. The van der Waals surface area contributed by atoms with Gasteiger partial charge in [-0.25, -0.2) is 9.59 Å². The van der Waals surface area contributed by atoms with Crippen LogP contribution < -0.4 is 11.1 Å². The fourth-order valence-electron chi connectivity index (χ4n) is 1.15. The first kappa shape index (κ1) is 12.0. The van der Waals surface area contributed by atoms with Crippen molar-refractivity contribution in [2.75, 3.05) is 12.4 Å². The maximum Gasteiger partial charge on any atom is 0.354 e. The summed E-state index contributed by atoms with van der Waals surface area (Å²) in [7, 11) is 1.18. The summed E-state index contributed by atoms with van der Waals surface area (Å²) in [5, 5.41) is 2.94. The van der Waals surface area contributed by atoms with Crippen LogP contribution in [0.15, 0.2) is 24.3 Å². The molecule has 0 aliphatic heterocycles. The Bertz CT molecular complexity index is 406. The summed E-state index contributed by atoms with van der Waals surface area (Å²) < 4.78 is 0. The van der Waals surface area contributed by atoms with E-state index in [0.29, 0.717) is 10.8 Å². The summed E-state index contributed by atoms with van der Waals surface area (Å²) in [5.41, 5.74) is 6.41. The molecule has 0 fully saturated rings. The van der Waals surface area contributed by atoms with Gasteiger partial charge in [-0.05, 0) is 18.6 Å². The van der Waals surface area contributed by atoms with E-state index in [-0.39, 0.29) is 0 Å². The van der Waals surface area contributed by atoms with Gasteiger partial charge in [-0.1, -0.05) is 18.2 Å². The molecule has 0 heterocycles. The van der Waals surface area contributed by atoms with Gasteiger partial charge in [0.15, 0.2) is 0 Å². The highest BCUT2D eigenvalue weighted by Crippen LogP contribution is 2.13. The fraction of sp³-hybridized carbons (Fsp3) is 0.200. The quantitative estimate of drug-likeness (QED) is 0.744. The maximum atomic E-state index is 11.5. The van der Waals surface area contributed by atoms with E-state index in [9.17, 15) is 9.59 Å². The largest absolute Gasteiger partial charge is 0.354 e. The van der Waals surface area contributed by atoms with Gasteiger partial charge in [0.05, 0.1) is 7.11 Å². The summed E-state index contributed by atoms with van der Waals surface area (Å²) in [6, 6.07) is 5.44. The molecular weight excluding hydrogens is 210 g/mol. The first-order chi connectivity index (χ1) is 7.56. The highest BCUT2D eigenvalue weighted by molar-refractivity contribution is 5.99. The first-order valence-electron chi connectivity index (χ1n) is 4.56. The van der Waals surface area contributed by atoms with Crippen molar-refractivity contribution in [3.8, 4) is 0 Å². The van der Waals surface area contributed by atoms with Gasteiger partial charge in [-0.2, -0.15) is 0 Å². The molecule has 0 saturated heterocycles. The normalized spacial score (nSPS) is 9.62. The van der Waals surface area contributed by atoms with Crippen molar-refractivity contribution in [1.29, 1.82) is 0 Å². The minimum atomic E-state index is -0.978. The third kappa shape index (κ3) is 2.71. The molecule has 6 nitrogen and oxygen atoms in total. The molecule has 3 N–H and O–H groups in total. The van der Waals surface area contributed by atoms with E-state index < -0.39 is 12.1 Å². The van der Waals surface area contributed by atoms with E-state index in [2.05, 4.69) is 10.2 Å². The molecule has 0 radical (unpaired) electrons. The number of rotatable bonds is 2. The van der Waals surface area contributed by atoms with Gasteiger partial charge >= 0.3 is 12.1 Å². The van der Waals surface area contributed by atoms with Crippen LogP contribution in [0.4, 0.5) is 15.3 Å². The van der Waals surface area contributed by atoms with Crippen LogP contribution in [-0.4, -0.2) is 24.2 Å². The molecule has 0 spiro atoms. The minimum Gasteiger partial charge on any atom is -0.349 e. The van der Waals surface area contributed by atoms with Crippen molar-refractivity contribution < 1.29 is 14.4 Å². The zero-order chi connectivity index (χ0) is 12.1. The molecule has 1 aromatic rings. The van der Waals surface area contributed by atoms with Crippen molar-refractivity contribution >= 4 is 17.7 Å². The van der Waals surface area contributed by atoms with Gasteiger partial charge in [-0.3, -0.25) is 4.84 Å². The van der Waals surface area contributed by atoms with E-state index in [4.69, 9.17) is 5.73 Å². The van der Waals surface area contributed by atoms with Crippen LogP contribution in [-0.2, 0) is 4.84 Å². The second-order valence-corrected chi connectivity index (χ2v) is 3.06. The lowest BCUT2D eigenvalue weighted by Gasteiger charge is -2.16. The molecule has 0 atom stereocenters. The number of carbonyl (C=O) groups is 2. The number of nitrogens with two attached hydrogens (primary N) is 1. The van der Waals surface area contributed by atoms with Gasteiger partial charge < -0.3 is 11.1 Å². The van der Waals surface area contributed by atoms with Gasteiger partial charge in [0.25, 0.3) is 0 Å². The van der Waals surface area contributed by atoms with Crippen molar-refractivity contribution in [3.05, 3.63) is 29.8 Å². The SMILES string of the molecule is CON(C(N)=O)C(=O)Nc1ccccc1C. The van der Waals surface area contributed by atoms with Crippen LogP contribution >= 0.6 is 0 Å². The van der Waals surface area contributed by atoms with E-state index in [1.807, 2.05) is 19.1 Å². The van der Waals surface area contributed by atoms with E-state index >= 15 is 0 Å². The Balaban J connectivity index is 2.78. The van der Waals surface area contributed by atoms with Gasteiger partial charge in [0.1, 0.15) is 0 Å². The lowest BCUT2D eigenvalue weighted by atomic mass is 10.2. The first-order valence-corrected chi connectivity index (χ1v) is 4.56. The van der Waals surface area contributed by atoms with Crippen LogP contribution in [0.1, 0.15) is 5.56 Å². The summed E-state index contributed by atoms with van der Waals surface area (Å²) in [6.45, 7) is 1.83. The van der Waals surface area contributed by atoms with Crippen LogP contribution in [0, 0.1) is 6.92 Å². The third-order valence-corrected chi connectivity index (χ3v) is 1.95. The molecule has 0 saturated carbocycles. The molecule has 0 aliphatic rings. The molecule has 0 unspecified atom stereocenters. The highest BCUT2D eigenvalue weighted by Gasteiger charge is 2.19. The minimum absolute atomic E-state index is 0.437. The summed E-state index contributed by atoms with van der Waals surface area (Å²) in [6.07, 6.45) is 0. The number of anilines is 1. The number of hydrogen-bond donors (Lipinski definition) is 2. The van der Waals surface area contributed by atoms with Crippen molar-refractivity contribution in [3.63, 3.8) is 0 Å². The predicted octanol–water partition coefficient (Wildman–Crippen LogP) is 1.47. The number of hydrogen-bond acceptors (Lipinski definition) is 3. The molecule has 6 heteroatoms. The average Bonchev–Trinajstić information content (AvgIpc) is 2.22. The van der Waals surface area contributed by atoms with Crippen LogP contribution in [0.3, 0.4) is 0 Å². The number of urea groups is 2. The molecule has 0 aromatic heterocycles. The molecule has 0 aliphatic carbocycles. The zero-order valence-electron chi connectivity index (χ0n) is 9.06. The maximum absolute atomic E-state index is 11.5. The van der Waals surface area contributed by atoms with E-state index in [0.717, 1.165) is 5.56 Å². The Labute approximate surface area is 92.9 Å². The molecule has 1 aromatic carbocycles. The van der Waals surface area contributed by atoms with Crippen LogP contribution in [0.5, 0.6) is 0 Å². The summed E-state index contributed by atoms with van der Waals surface area (Å²) >= 11 is 0. The smallest absolute Gasteiger partial charge is 0.349 e. The Hall–Kier alpha value is -2.08. The number of para-hydroxylation sites is 1. The van der Waals surface area contributed by atoms with Crippen molar-refractivity contribution in [1.82, 2.24) is 5.06 Å². The molecule has 0 bridgehead atoms. The molecular formula is C10H13N3O3. The number of primary amides is 1. The van der Waals surface area contributed by atoms with Crippen molar-refractivity contribution in [2.45, 2.75) is 6.92 Å². The van der Waals surface area contributed by atoms with Crippen LogP contribution in [0.2, 0.25) is 0 Å². The number of amides is 4. The third-order valence-electron chi connectivity index (χ3n) is 1.95. The average molecular weight is 223 g/mol. The molecule has 86 valence electrons. The zero-order valence-corrected chi connectivity index (χ0v) is 9.06. The van der Waals surface area contributed by atoms with Gasteiger partial charge in [0.2, 0.25) is 0 Å². The number of imide groups is 1. The number of aryl methyl sites for hydroxylation is 1. The Morgan fingerprint density at radius 1 is 1.38 bits per heavy atom.